The van der Waals surface area contributed by atoms with E-state index in [1.165, 1.54) is 23.1 Å². The Bertz CT molecular complexity index is 747. The Morgan fingerprint density at radius 2 is 2.00 bits per heavy atom. The van der Waals surface area contributed by atoms with Crippen molar-refractivity contribution in [3.63, 3.8) is 0 Å². The van der Waals surface area contributed by atoms with Crippen molar-refractivity contribution < 1.29 is 4.39 Å². The molecule has 4 rings (SSSR count). The molecule has 0 bridgehead atoms. The fraction of sp³-hybridized carbons (Fsp3) is 0.556. The third-order valence-electron chi connectivity index (χ3n) is 5.41. The van der Waals surface area contributed by atoms with Crippen LogP contribution >= 0.6 is 11.6 Å². The predicted octanol–water partition coefficient (Wildman–Crippen LogP) is 4.81. The zero-order chi connectivity index (χ0) is 16.0. The van der Waals surface area contributed by atoms with E-state index >= 15 is 0 Å². The second kappa shape index (κ2) is 5.59. The highest BCUT2D eigenvalue weighted by Gasteiger charge is 2.31. The summed E-state index contributed by atoms with van der Waals surface area (Å²) in [4.78, 5) is 4.46. The minimum Gasteiger partial charge on any atom is -0.240 e. The lowest BCUT2D eigenvalue weighted by Gasteiger charge is -2.23. The number of aryl methyl sites for hydroxylation is 2. The zero-order valence-electron chi connectivity index (χ0n) is 13.4. The predicted molar refractivity (Wildman–Crippen MR) is 89.0 cm³/mol. The van der Waals surface area contributed by atoms with Gasteiger partial charge in [0.25, 0.3) is 0 Å². The molecule has 2 heterocycles. The van der Waals surface area contributed by atoms with Crippen LogP contribution in [0, 0.1) is 11.4 Å². The number of aromatic nitrogens is 3. The summed E-state index contributed by atoms with van der Waals surface area (Å²) in [5.41, 5.74) is 3.56. The second-order valence-electron chi connectivity index (χ2n) is 7.31. The van der Waals surface area contributed by atoms with Crippen molar-refractivity contribution in [2.75, 3.05) is 0 Å². The van der Waals surface area contributed by atoms with Crippen LogP contribution in [0.2, 0.25) is 5.15 Å². The molecule has 0 atom stereocenters. The van der Waals surface area contributed by atoms with Crippen LogP contribution in [0.3, 0.4) is 0 Å². The number of hydrogen-bond acceptors (Lipinski definition) is 2. The number of hydrogen-bond donors (Lipinski definition) is 0. The van der Waals surface area contributed by atoms with Crippen molar-refractivity contribution in [1.82, 2.24) is 14.8 Å². The molecule has 0 amide bonds. The maximum Gasteiger partial charge on any atom is 0.219 e. The van der Waals surface area contributed by atoms with E-state index in [4.69, 9.17) is 11.6 Å². The van der Waals surface area contributed by atoms with Crippen LogP contribution in [0.25, 0.3) is 11.1 Å². The summed E-state index contributed by atoms with van der Waals surface area (Å²) >= 11 is 6.31. The molecule has 2 aromatic rings. The molecule has 1 fully saturated rings. The van der Waals surface area contributed by atoms with E-state index in [1.54, 1.807) is 6.20 Å². The summed E-state index contributed by atoms with van der Waals surface area (Å²) in [5, 5.41) is 4.68. The van der Waals surface area contributed by atoms with Gasteiger partial charge in [0.1, 0.15) is 5.15 Å². The first-order chi connectivity index (χ1) is 11.1. The highest BCUT2D eigenvalue weighted by Crippen LogP contribution is 2.40. The summed E-state index contributed by atoms with van der Waals surface area (Å²) in [5.74, 6) is -0.292. The molecule has 0 aliphatic heterocycles. The van der Waals surface area contributed by atoms with Gasteiger partial charge >= 0.3 is 0 Å². The van der Waals surface area contributed by atoms with E-state index in [2.05, 4.69) is 17.0 Å². The molecular formula is C18H21ClFN3. The Labute approximate surface area is 140 Å². The Morgan fingerprint density at radius 1 is 1.22 bits per heavy atom. The average molecular weight is 334 g/mol. The van der Waals surface area contributed by atoms with Gasteiger partial charge in [-0.1, -0.05) is 31.4 Å². The maximum absolute atomic E-state index is 14.9. The minimum atomic E-state index is -0.292. The van der Waals surface area contributed by atoms with Crippen molar-refractivity contribution in [3.8, 4) is 11.1 Å². The monoisotopic (exact) mass is 333 g/mol. The normalized spacial score (nSPS) is 19.3. The molecule has 0 unspecified atom stereocenters. The van der Waals surface area contributed by atoms with Crippen LogP contribution in [0.1, 0.15) is 50.3 Å². The highest BCUT2D eigenvalue weighted by atomic mass is 35.5. The van der Waals surface area contributed by atoms with Gasteiger partial charge in [0.15, 0.2) is 0 Å². The molecule has 23 heavy (non-hydrogen) atoms. The summed E-state index contributed by atoms with van der Waals surface area (Å²) in [6.45, 7) is 2.86. The highest BCUT2D eigenvalue weighted by molar-refractivity contribution is 6.32. The SMILES string of the molecule is CC1(Cn2ncc(-c3cc4c(nc3Cl)CCC4)c2F)CCCC1. The molecule has 2 aliphatic carbocycles. The topological polar surface area (TPSA) is 30.7 Å². The smallest absolute Gasteiger partial charge is 0.219 e. The molecule has 1 saturated carbocycles. The van der Waals surface area contributed by atoms with Gasteiger partial charge in [0, 0.05) is 17.8 Å². The largest absolute Gasteiger partial charge is 0.240 e. The Balaban J connectivity index is 1.68. The molecule has 3 nitrogen and oxygen atoms in total. The van der Waals surface area contributed by atoms with Gasteiger partial charge in [-0.25, -0.2) is 9.67 Å². The summed E-state index contributed by atoms with van der Waals surface area (Å²) in [6, 6.07) is 2.00. The maximum atomic E-state index is 14.9. The van der Waals surface area contributed by atoms with E-state index in [-0.39, 0.29) is 11.4 Å². The van der Waals surface area contributed by atoms with E-state index < -0.39 is 0 Å². The van der Waals surface area contributed by atoms with Crippen molar-refractivity contribution in [2.24, 2.45) is 5.41 Å². The average Bonchev–Trinajstić information content (AvgIpc) is 3.21. The molecule has 122 valence electrons. The van der Waals surface area contributed by atoms with E-state index in [0.29, 0.717) is 22.8 Å². The lowest BCUT2D eigenvalue weighted by molar-refractivity contribution is 0.249. The molecule has 0 radical (unpaired) electrons. The van der Waals surface area contributed by atoms with Gasteiger partial charge in [0.05, 0.1) is 11.8 Å². The van der Waals surface area contributed by atoms with Crippen LogP contribution < -0.4 is 0 Å². The van der Waals surface area contributed by atoms with E-state index in [0.717, 1.165) is 37.8 Å². The number of halogens is 2. The van der Waals surface area contributed by atoms with Crippen LogP contribution in [0.4, 0.5) is 4.39 Å². The van der Waals surface area contributed by atoms with Gasteiger partial charge in [-0.3, -0.25) is 0 Å². The first kappa shape index (κ1) is 15.1. The van der Waals surface area contributed by atoms with Crippen molar-refractivity contribution in [1.29, 1.82) is 0 Å². The van der Waals surface area contributed by atoms with E-state index in [9.17, 15) is 4.39 Å². The second-order valence-corrected chi connectivity index (χ2v) is 7.67. The van der Waals surface area contributed by atoms with Crippen LogP contribution in [-0.2, 0) is 19.4 Å². The first-order valence-electron chi connectivity index (χ1n) is 8.46. The van der Waals surface area contributed by atoms with Crippen molar-refractivity contribution in [3.05, 3.63) is 34.6 Å². The zero-order valence-corrected chi connectivity index (χ0v) is 14.2. The molecule has 0 spiro atoms. The quantitative estimate of drug-likeness (QED) is 0.755. The lowest BCUT2D eigenvalue weighted by Crippen LogP contribution is -2.21. The molecule has 0 saturated heterocycles. The first-order valence-corrected chi connectivity index (χ1v) is 8.83. The number of fused-ring (bicyclic) bond motifs is 1. The molecule has 0 N–H and O–H groups in total. The summed E-state index contributed by atoms with van der Waals surface area (Å²) < 4.78 is 16.4. The number of rotatable bonds is 3. The standard InChI is InChI=1S/C18H21ClFN3/c1-18(7-2-3-8-18)11-23-17(20)14(10-21-23)13-9-12-5-4-6-15(12)22-16(13)19/h9-10H,2-8,11H2,1H3. The van der Waals surface area contributed by atoms with E-state index in [1.807, 2.05) is 6.07 Å². The number of pyridine rings is 1. The van der Waals surface area contributed by atoms with Crippen molar-refractivity contribution >= 4 is 11.6 Å². The van der Waals surface area contributed by atoms with Gasteiger partial charge in [-0.15, -0.1) is 0 Å². The van der Waals surface area contributed by atoms with Gasteiger partial charge < -0.3 is 0 Å². The minimum absolute atomic E-state index is 0.157. The van der Waals surface area contributed by atoms with Crippen molar-refractivity contribution in [2.45, 2.75) is 58.4 Å². The number of nitrogens with zero attached hydrogens (tertiary/aromatic N) is 3. The Kier molecular flexibility index (Phi) is 3.67. The van der Waals surface area contributed by atoms with Crippen LogP contribution in [0.5, 0.6) is 0 Å². The summed E-state index contributed by atoms with van der Waals surface area (Å²) in [6.07, 6.45) is 9.40. The molecule has 2 aliphatic rings. The van der Waals surface area contributed by atoms with Gasteiger partial charge in [0.2, 0.25) is 5.95 Å². The fourth-order valence-electron chi connectivity index (χ4n) is 4.05. The molecular weight excluding hydrogens is 313 g/mol. The fourth-order valence-corrected chi connectivity index (χ4v) is 4.30. The third kappa shape index (κ3) is 2.67. The lowest BCUT2D eigenvalue weighted by atomic mass is 9.89. The third-order valence-corrected chi connectivity index (χ3v) is 5.70. The molecule has 2 aromatic heterocycles. The van der Waals surface area contributed by atoms with Crippen LogP contribution in [-0.4, -0.2) is 14.8 Å². The molecule has 0 aromatic carbocycles. The van der Waals surface area contributed by atoms with Gasteiger partial charge in [-0.2, -0.15) is 9.49 Å². The Morgan fingerprint density at radius 3 is 2.78 bits per heavy atom. The van der Waals surface area contributed by atoms with Gasteiger partial charge in [-0.05, 0) is 49.1 Å². The summed E-state index contributed by atoms with van der Waals surface area (Å²) in [7, 11) is 0. The Hall–Kier alpha value is -1.42. The van der Waals surface area contributed by atoms with Crippen LogP contribution in [0.15, 0.2) is 12.3 Å². The molecule has 5 heteroatoms.